The van der Waals surface area contributed by atoms with Crippen molar-refractivity contribution in [1.29, 1.82) is 0 Å². The number of halogens is 1. The molecule has 1 aromatic rings. The number of methoxy groups -OCH3 is 1. The summed E-state index contributed by atoms with van der Waals surface area (Å²) in [6.45, 7) is 18.3. The topological polar surface area (TPSA) is 222 Å². The van der Waals surface area contributed by atoms with Crippen LogP contribution < -0.4 is 10.9 Å². The number of carbonyl (C=O) groups excluding carboxylic acids is 4. The van der Waals surface area contributed by atoms with Crippen molar-refractivity contribution in [3.63, 3.8) is 0 Å². The average molecular weight is 1040 g/mol. The van der Waals surface area contributed by atoms with Crippen LogP contribution in [0.25, 0.3) is 6.08 Å². The number of hydrazine groups is 1. The van der Waals surface area contributed by atoms with E-state index in [2.05, 4.69) is 26.8 Å². The Morgan fingerprint density at radius 3 is 2.26 bits per heavy atom. The van der Waals surface area contributed by atoms with E-state index in [0.717, 1.165) is 10.0 Å². The number of aliphatic hydroxyl groups excluding tert-OH is 1. The SMILES string of the molecule is CC[C@H]1OC(=O)[C@@H](C)[C@H](O[C@H]2C[C@@](C)(OC)[C@@H](OC(=O)NNC(=O)/C=C/c3ccc(Br)cc3)[C@H](C)O2)[C@@H](C)[C@H](O[C@H]2O[C@@H](C)C[C@@H](N(C)C)[C@@H]2O)[C@@](C)(O)C[C@H](C)CN(C)[C@@H](C)[C@@H]2OC(=O)O[C@@]12C. The van der Waals surface area contributed by atoms with Gasteiger partial charge in [0.1, 0.15) is 17.8 Å². The van der Waals surface area contributed by atoms with Gasteiger partial charge in [-0.05, 0) is 119 Å². The summed E-state index contributed by atoms with van der Waals surface area (Å²) in [5.74, 6) is -3.39. The first-order valence-electron chi connectivity index (χ1n) is 24.0. The molecular formula is C49H77BrN4O15. The third-order valence-corrected chi connectivity index (χ3v) is 15.0. The molecule has 4 saturated heterocycles. The first-order chi connectivity index (χ1) is 32.2. The second-order valence-corrected chi connectivity index (χ2v) is 21.4. The van der Waals surface area contributed by atoms with E-state index < -0.39 is 114 Å². The maximum atomic E-state index is 14.7. The Balaban J connectivity index is 1.47. The highest BCUT2D eigenvalue weighted by Gasteiger charge is 2.58. The molecule has 4 N–H and O–H groups in total. The summed E-state index contributed by atoms with van der Waals surface area (Å²) in [4.78, 5) is 57.2. The molecule has 4 aliphatic heterocycles. The molecule has 4 aliphatic rings. The summed E-state index contributed by atoms with van der Waals surface area (Å²) in [5, 5.41) is 24.5. The van der Waals surface area contributed by atoms with E-state index in [1.807, 2.05) is 82.9 Å². The van der Waals surface area contributed by atoms with Gasteiger partial charge < -0.3 is 57.7 Å². The van der Waals surface area contributed by atoms with Crippen molar-refractivity contribution in [2.24, 2.45) is 17.8 Å². The number of aliphatic hydroxyl groups is 2. The van der Waals surface area contributed by atoms with Gasteiger partial charge in [0.25, 0.3) is 5.91 Å². The zero-order chi connectivity index (χ0) is 51.3. The Hall–Kier alpha value is -3.44. The van der Waals surface area contributed by atoms with Crippen molar-refractivity contribution in [3.8, 4) is 0 Å². The number of nitrogens with zero attached hydrogens (tertiary/aromatic N) is 2. The Morgan fingerprint density at radius 1 is 0.971 bits per heavy atom. The van der Waals surface area contributed by atoms with Gasteiger partial charge in [-0.25, -0.2) is 15.0 Å². The number of hydrogen-bond acceptors (Lipinski definition) is 17. The molecular weight excluding hydrogens is 964 g/mol. The maximum Gasteiger partial charge on any atom is 0.509 e. The Morgan fingerprint density at radius 2 is 1.64 bits per heavy atom. The van der Waals surface area contributed by atoms with E-state index in [4.69, 9.17) is 42.6 Å². The van der Waals surface area contributed by atoms with Gasteiger partial charge in [-0.2, -0.15) is 0 Å². The van der Waals surface area contributed by atoms with E-state index in [9.17, 15) is 29.4 Å². The van der Waals surface area contributed by atoms with Gasteiger partial charge in [0.2, 0.25) is 0 Å². The van der Waals surface area contributed by atoms with Gasteiger partial charge in [-0.3, -0.25) is 19.9 Å². The van der Waals surface area contributed by atoms with Crippen molar-refractivity contribution >= 4 is 46.1 Å². The zero-order valence-corrected chi connectivity index (χ0v) is 44.2. The first kappa shape index (κ1) is 56.5. The van der Waals surface area contributed by atoms with Crippen molar-refractivity contribution in [2.45, 2.75) is 185 Å². The molecule has 0 radical (unpaired) electrons. The minimum atomic E-state index is -1.63. The lowest BCUT2D eigenvalue weighted by molar-refractivity contribution is -0.317. The molecule has 0 bridgehead atoms. The lowest BCUT2D eigenvalue weighted by Gasteiger charge is -2.49. The summed E-state index contributed by atoms with van der Waals surface area (Å²) in [5.41, 5.74) is 1.12. The molecule has 1 aromatic carbocycles. The number of carbonyl (C=O) groups is 4. The van der Waals surface area contributed by atoms with Crippen molar-refractivity contribution in [3.05, 3.63) is 40.4 Å². The zero-order valence-electron chi connectivity index (χ0n) is 42.6. The first-order valence-corrected chi connectivity index (χ1v) is 24.8. The molecule has 4 heterocycles. The standard InChI is InChI=1S/C49H77BrN4O15/c1-15-35-49(10)41(68-46(59)69-49)30(6)54(13)25-26(2)23-47(8,60)40(66-44-38(56)34(53(11)12)22-27(3)62-44)28(4)39(29(5)43(57)64-35)65-37-24-48(9,61-14)42(31(7)63-37)67-45(58)52-51-36(55)21-18-32-16-19-33(50)20-17-32/h16-21,26-31,34-35,37-42,44,56,60H,15,22-25H2,1-14H3,(H,51,55)(H,52,58)/b21-18+/t26-,27-,28+,29-,30-,31-,34+,35+,37-,38-,39+,40-,41-,42-,44+,47-,48+,49-/m0/s1. The largest absolute Gasteiger partial charge is 0.509 e. The van der Waals surface area contributed by atoms with Crippen LogP contribution in [-0.4, -0.2) is 169 Å². The van der Waals surface area contributed by atoms with Crippen LogP contribution in [0.3, 0.4) is 0 Å². The fraction of sp³-hybridized carbons (Fsp3) is 0.755. The normalized spacial score (nSPS) is 40.7. The molecule has 2 amide bonds. The molecule has 390 valence electrons. The number of ether oxygens (including phenoxy) is 9. The van der Waals surface area contributed by atoms with Gasteiger partial charge in [0, 0.05) is 48.6 Å². The van der Waals surface area contributed by atoms with Crippen LogP contribution in [0.2, 0.25) is 0 Å². The highest BCUT2D eigenvalue weighted by molar-refractivity contribution is 9.10. The summed E-state index contributed by atoms with van der Waals surface area (Å²) < 4.78 is 57.2. The molecule has 20 heteroatoms. The lowest BCUT2D eigenvalue weighted by Crippen LogP contribution is -2.61. The number of rotatable bonds is 10. The minimum Gasteiger partial charge on any atom is -0.458 e. The highest BCUT2D eigenvalue weighted by Crippen LogP contribution is 2.42. The summed E-state index contributed by atoms with van der Waals surface area (Å²) in [6, 6.07) is 6.58. The molecule has 0 spiro atoms. The van der Waals surface area contributed by atoms with Gasteiger partial charge >= 0.3 is 18.2 Å². The Labute approximate surface area is 415 Å². The van der Waals surface area contributed by atoms with Crippen LogP contribution in [0.4, 0.5) is 9.59 Å². The third kappa shape index (κ3) is 13.5. The minimum absolute atomic E-state index is 0.0145. The van der Waals surface area contributed by atoms with Crippen LogP contribution in [0, 0.1) is 17.8 Å². The number of likely N-dealkylation sites (N-methyl/N-ethyl adjacent to an activating group) is 2. The van der Waals surface area contributed by atoms with Crippen molar-refractivity contribution in [1.82, 2.24) is 20.7 Å². The fourth-order valence-corrected chi connectivity index (χ4v) is 10.9. The number of nitrogens with one attached hydrogen (secondary N) is 2. The molecule has 0 aromatic heterocycles. The van der Waals surface area contributed by atoms with Gasteiger partial charge in [-0.15, -0.1) is 0 Å². The second kappa shape index (κ2) is 23.4. The molecule has 0 aliphatic carbocycles. The molecule has 19 nitrogen and oxygen atoms in total. The van der Waals surface area contributed by atoms with Crippen molar-refractivity contribution in [2.75, 3.05) is 34.8 Å². The van der Waals surface area contributed by atoms with Gasteiger partial charge in [0.15, 0.2) is 30.4 Å². The van der Waals surface area contributed by atoms with Gasteiger partial charge in [-0.1, -0.05) is 48.8 Å². The smallest absolute Gasteiger partial charge is 0.458 e. The predicted molar refractivity (Wildman–Crippen MR) is 256 cm³/mol. The summed E-state index contributed by atoms with van der Waals surface area (Å²) >= 11 is 3.38. The quantitative estimate of drug-likeness (QED) is 0.101. The molecule has 0 saturated carbocycles. The molecule has 69 heavy (non-hydrogen) atoms. The van der Waals surface area contributed by atoms with Gasteiger partial charge in [0.05, 0.1) is 35.9 Å². The number of fused-ring (bicyclic) bond motifs is 1. The van der Waals surface area contributed by atoms with E-state index in [1.165, 1.54) is 13.2 Å². The molecule has 0 unspecified atom stereocenters. The summed E-state index contributed by atoms with van der Waals surface area (Å²) in [7, 11) is 7.10. The van der Waals surface area contributed by atoms with Crippen LogP contribution in [-0.2, 0) is 52.2 Å². The lowest BCUT2D eigenvalue weighted by atomic mass is 9.77. The van der Waals surface area contributed by atoms with Crippen LogP contribution in [0.15, 0.2) is 34.8 Å². The molecule has 4 fully saturated rings. The fourth-order valence-electron chi connectivity index (χ4n) is 10.6. The summed E-state index contributed by atoms with van der Waals surface area (Å²) in [6.07, 6.45) is -7.56. The number of esters is 1. The Kier molecular flexibility index (Phi) is 19.2. The number of hydrogen-bond donors (Lipinski definition) is 4. The van der Waals surface area contributed by atoms with E-state index in [0.29, 0.717) is 13.0 Å². The monoisotopic (exact) mass is 1040 g/mol. The second-order valence-electron chi connectivity index (χ2n) is 20.4. The van der Waals surface area contributed by atoms with Crippen LogP contribution >= 0.6 is 15.9 Å². The third-order valence-electron chi connectivity index (χ3n) is 14.4. The van der Waals surface area contributed by atoms with Crippen LogP contribution in [0.5, 0.6) is 0 Å². The van der Waals surface area contributed by atoms with Crippen LogP contribution in [0.1, 0.15) is 100 Å². The predicted octanol–water partition coefficient (Wildman–Crippen LogP) is 5.32. The maximum absolute atomic E-state index is 14.7. The van der Waals surface area contributed by atoms with Crippen molar-refractivity contribution < 1.29 is 72.0 Å². The van der Waals surface area contributed by atoms with E-state index in [-0.39, 0.29) is 37.3 Å². The van der Waals surface area contributed by atoms with E-state index >= 15 is 0 Å². The average Bonchev–Trinajstić information content (AvgIpc) is 3.59. The number of benzene rings is 1. The number of cyclic esters (lactones) is 1. The molecule has 18 atom stereocenters. The number of amides is 2. The Bertz CT molecular complexity index is 1940. The van der Waals surface area contributed by atoms with E-state index in [1.54, 1.807) is 47.6 Å². The highest BCUT2D eigenvalue weighted by atomic mass is 79.9. The molecule has 5 rings (SSSR count).